The van der Waals surface area contributed by atoms with Gasteiger partial charge in [0.25, 0.3) is 0 Å². The predicted octanol–water partition coefficient (Wildman–Crippen LogP) is 4.29. The van der Waals surface area contributed by atoms with E-state index in [0.717, 1.165) is 0 Å². The van der Waals surface area contributed by atoms with E-state index in [1.165, 1.54) is 0 Å². The highest BCUT2D eigenvalue weighted by Gasteiger charge is 2.47. The third-order valence-electron chi connectivity index (χ3n) is 3.03. The van der Waals surface area contributed by atoms with Crippen LogP contribution in [-0.2, 0) is 20.6 Å². The molecule has 5 nitrogen and oxygen atoms in total. The molecule has 0 fully saturated rings. The number of hydrogen-bond donors (Lipinski definition) is 0. The van der Waals surface area contributed by atoms with Crippen LogP contribution in [0.4, 0.5) is 0 Å². The Morgan fingerprint density at radius 3 is 0.893 bits per heavy atom. The Morgan fingerprint density at radius 2 is 0.750 bits per heavy atom. The normalized spacial score (nSPS) is 13.1. The predicted molar refractivity (Wildman–Crippen MR) is 142 cm³/mol. The Kier molecular flexibility index (Phi) is 15.5. The first-order valence-electron chi connectivity index (χ1n) is 10.2. The van der Waals surface area contributed by atoms with Crippen molar-refractivity contribution in [1.82, 2.24) is 0 Å². The van der Waals surface area contributed by atoms with Crippen LogP contribution in [0.5, 0.6) is 0 Å². The first-order valence-corrected chi connectivity index (χ1v) is 28.9. The summed E-state index contributed by atoms with van der Waals surface area (Å²) >= 11 is 0. The first kappa shape index (κ1) is 31.0. The molecule has 12 heteroatoms. The molecular weight excluding hydrogens is 469 g/mol. The van der Waals surface area contributed by atoms with Gasteiger partial charge in [0, 0.05) is 0 Å². The molecular formula is C16H46O5Si7. The van der Waals surface area contributed by atoms with Gasteiger partial charge in [-0.3, -0.25) is 0 Å². The molecule has 0 radical (unpaired) electrons. The van der Waals surface area contributed by atoms with Crippen LogP contribution >= 0.6 is 0 Å². The van der Waals surface area contributed by atoms with Gasteiger partial charge in [0.15, 0.2) is 52.8 Å². The molecule has 0 aliphatic heterocycles. The molecule has 0 aromatic rings. The van der Waals surface area contributed by atoms with Crippen LogP contribution in [0, 0.1) is 0 Å². The van der Waals surface area contributed by atoms with Crippen molar-refractivity contribution in [3.63, 3.8) is 0 Å². The Hall–Kier alpha value is 0.798. The van der Waals surface area contributed by atoms with Gasteiger partial charge in [0.1, 0.15) is 0 Å². The lowest BCUT2D eigenvalue weighted by atomic mass is 11.3. The molecule has 0 N–H and O–H groups in total. The van der Waals surface area contributed by atoms with E-state index in [0.29, 0.717) is 0 Å². The maximum absolute atomic E-state index is 6.09. The van der Waals surface area contributed by atoms with E-state index in [1.54, 1.807) is 0 Å². The first-order chi connectivity index (χ1) is 12.5. The van der Waals surface area contributed by atoms with E-state index in [2.05, 4.69) is 91.7 Å². The van der Waals surface area contributed by atoms with E-state index < -0.39 is 61.8 Å². The Bertz CT molecular complexity index is 393. The lowest BCUT2D eigenvalue weighted by molar-refractivity contribution is 0.164. The quantitative estimate of drug-likeness (QED) is 0.364. The summed E-state index contributed by atoms with van der Waals surface area (Å²) in [6.07, 6.45) is 0. The van der Waals surface area contributed by atoms with Gasteiger partial charge >= 0.3 is 9.05 Å². The highest BCUT2D eigenvalue weighted by Crippen LogP contribution is 2.18. The summed E-state index contributed by atoms with van der Waals surface area (Å²) in [5, 5.41) is 0. The summed E-state index contributed by atoms with van der Waals surface area (Å²) in [6, 6.07) is 0. The zero-order chi connectivity index (χ0) is 22.8. The number of rotatable bonds is 12. The second-order valence-electron chi connectivity index (χ2n) is 8.88. The molecule has 28 heavy (non-hydrogen) atoms. The molecule has 168 valence electrons. The molecule has 0 aliphatic rings. The molecule has 0 unspecified atom stereocenters. The second kappa shape index (κ2) is 14.0. The molecule has 0 rings (SSSR count). The summed E-state index contributed by atoms with van der Waals surface area (Å²) < 4.78 is 30.3. The van der Waals surface area contributed by atoms with Crippen molar-refractivity contribution in [3.8, 4) is 0 Å². The van der Waals surface area contributed by atoms with Crippen molar-refractivity contribution in [1.29, 1.82) is 0 Å². The summed E-state index contributed by atoms with van der Waals surface area (Å²) in [5.74, 6) is 0. The van der Waals surface area contributed by atoms with Crippen LogP contribution in [0.3, 0.4) is 0 Å². The molecule has 0 saturated carbocycles. The lowest BCUT2D eigenvalue weighted by Crippen LogP contribution is -2.57. The summed E-state index contributed by atoms with van der Waals surface area (Å²) in [5.41, 5.74) is 3.93. The molecule has 0 aromatic heterocycles. The molecule has 0 heterocycles. The van der Waals surface area contributed by atoms with Crippen molar-refractivity contribution >= 4 is 61.8 Å². The molecule has 0 atom stereocenters. The van der Waals surface area contributed by atoms with Gasteiger partial charge in [0.2, 0.25) is 0 Å². The Balaban J connectivity index is 0. The van der Waals surface area contributed by atoms with Gasteiger partial charge in [-0.05, 0) is 78.6 Å². The maximum Gasteiger partial charge on any atom is 0.636 e. The van der Waals surface area contributed by atoms with Crippen LogP contribution in [0.1, 0.15) is 0 Å². The van der Waals surface area contributed by atoms with Crippen LogP contribution < -0.4 is 0 Å². The average Bonchev–Trinajstić information content (AvgIpc) is 2.43. The van der Waals surface area contributed by atoms with E-state index in [9.17, 15) is 0 Å². The van der Waals surface area contributed by atoms with Crippen molar-refractivity contribution in [2.75, 3.05) is 0 Å². The van der Waals surface area contributed by atoms with Crippen molar-refractivity contribution in [3.05, 3.63) is 24.6 Å². The van der Waals surface area contributed by atoms with Gasteiger partial charge in [-0.25, -0.2) is 0 Å². The van der Waals surface area contributed by atoms with E-state index in [1.807, 2.05) is 11.4 Å². The standard InChI is InChI=1S/C8H28O4Si5.C8H18OSi2/c1-13(2)9-17(10-14(3)4,11-15(5)6)12-16(7)8;1-7-10(3,4)9-11(5,6)8-2/h13-16H,1-8H3;7-8H,1-2H2,3-6H3. The zero-order valence-corrected chi connectivity index (χ0v) is 28.0. The largest absolute Gasteiger partial charge is 0.636 e. The second-order valence-corrected chi connectivity index (χ2v) is 30.1. The van der Waals surface area contributed by atoms with E-state index >= 15 is 0 Å². The van der Waals surface area contributed by atoms with Gasteiger partial charge < -0.3 is 20.6 Å². The summed E-state index contributed by atoms with van der Waals surface area (Å²) in [4.78, 5) is 0. The van der Waals surface area contributed by atoms with Crippen molar-refractivity contribution in [2.45, 2.75) is 78.6 Å². The van der Waals surface area contributed by atoms with Gasteiger partial charge in [0.05, 0.1) is 0 Å². The topological polar surface area (TPSA) is 46.2 Å². The highest BCUT2D eigenvalue weighted by molar-refractivity contribution is 6.89. The zero-order valence-electron chi connectivity index (χ0n) is 20.4. The lowest BCUT2D eigenvalue weighted by Gasteiger charge is -2.35. The maximum atomic E-state index is 6.09. The minimum absolute atomic E-state index is 1.22. The molecule has 0 amide bonds. The molecule has 0 aliphatic carbocycles. The fraction of sp³-hybridized carbons (Fsp3) is 0.750. The molecule has 0 spiro atoms. The molecule has 0 saturated heterocycles. The van der Waals surface area contributed by atoms with Crippen LogP contribution in [0.15, 0.2) is 24.6 Å². The minimum Gasteiger partial charge on any atom is -0.449 e. The number of hydrogen-bond acceptors (Lipinski definition) is 5. The monoisotopic (exact) mass is 514 g/mol. The van der Waals surface area contributed by atoms with Crippen molar-refractivity contribution in [2.24, 2.45) is 0 Å². The molecule has 0 aromatic carbocycles. The third-order valence-corrected chi connectivity index (χ3v) is 21.4. The fourth-order valence-corrected chi connectivity index (χ4v) is 21.7. The average molecular weight is 515 g/mol. The van der Waals surface area contributed by atoms with Crippen molar-refractivity contribution < 1.29 is 20.6 Å². The van der Waals surface area contributed by atoms with Gasteiger partial charge in [-0.15, -0.1) is 13.2 Å². The smallest absolute Gasteiger partial charge is 0.449 e. The Labute approximate surface area is 185 Å². The van der Waals surface area contributed by atoms with Crippen LogP contribution in [-0.4, -0.2) is 61.8 Å². The van der Waals surface area contributed by atoms with Crippen LogP contribution in [0.25, 0.3) is 0 Å². The third kappa shape index (κ3) is 16.6. The Morgan fingerprint density at radius 1 is 0.536 bits per heavy atom. The summed E-state index contributed by atoms with van der Waals surface area (Å²) in [6.45, 7) is 33.3. The van der Waals surface area contributed by atoms with Gasteiger partial charge in [-0.2, -0.15) is 0 Å². The van der Waals surface area contributed by atoms with E-state index in [-0.39, 0.29) is 0 Å². The van der Waals surface area contributed by atoms with Gasteiger partial charge in [-0.1, -0.05) is 11.4 Å². The highest BCUT2D eigenvalue weighted by atomic mass is 28.5. The minimum atomic E-state index is -2.80. The summed E-state index contributed by atoms with van der Waals surface area (Å²) in [7, 11) is -10.8. The fourth-order valence-electron chi connectivity index (χ4n) is 2.08. The SMILES string of the molecule is C=C[Si](C)(C)O[Si](C)(C)C=C.C[SiH](C)O[Si](O[SiH](C)C)(O[SiH](C)C)O[SiH](C)C. The molecule has 0 bridgehead atoms. The van der Waals surface area contributed by atoms with E-state index in [4.69, 9.17) is 20.6 Å². The van der Waals surface area contributed by atoms with Crippen LogP contribution in [0.2, 0.25) is 78.6 Å².